The molecule has 0 spiro atoms. The summed E-state index contributed by atoms with van der Waals surface area (Å²) in [6, 6.07) is 28.0. The Balaban J connectivity index is 2.63. The number of hydrogen-bond acceptors (Lipinski definition) is 3. The summed E-state index contributed by atoms with van der Waals surface area (Å²) in [5.74, 6) is 0. The van der Waals surface area contributed by atoms with Crippen LogP contribution in [0, 0.1) is 0 Å². The second-order valence-corrected chi connectivity index (χ2v) is 23.3. The van der Waals surface area contributed by atoms with E-state index < -0.39 is 14.7 Å². The Morgan fingerprint density at radius 3 is 0.652 bits per heavy atom. The summed E-state index contributed by atoms with van der Waals surface area (Å²) >= 11 is -2.26. The number of para-hydroxylation sites is 3. The summed E-state index contributed by atoms with van der Waals surface area (Å²) in [7, 11) is 0. The van der Waals surface area contributed by atoms with Crippen LogP contribution in [0.1, 0.15) is 125 Å². The zero-order valence-electron chi connectivity index (χ0n) is 32.7. The molecule has 0 aliphatic rings. The normalized spacial score (nSPS) is 13.6. The standard InChI is InChI=1S/C42H66AsN3/c1-37(2,3)44(38(4,5)6)34-28-22-19-25-31(34)43(32-26-20-23-29-35(32)45(39(7,8)9)40(10,11)12)33-27-21-24-30-36(33)46(41(13,14)15)42(16,17)18/h19-30H,1-18H3. The van der Waals surface area contributed by atoms with Gasteiger partial charge in [0, 0.05) is 0 Å². The van der Waals surface area contributed by atoms with Crippen LogP contribution < -0.4 is 27.8 Å². The SMILES string of the molecule is CC(C)(C)N(c1ccccc1[As](c1ccccc1N(C(C)(C)C)C(C)(C)C)c1ccccc1N(C(C)(C)C)C(C)(C)C)C(C)(C)C. The van der Waals surface area contributed by atoms with Gasteiger partial charge in [0.1, 0.15) is 0 Å². The van der Waals surface area contributed by atoms with Gasteiger partial charge in [-0.3, -0.25) is 0 Å². The van der Waals surface area contributed by atoms with Crippen molar-refractivity contribution in [3.8, 4) is 0 Å². The molecule has 254 valence electrons. The minimum absolute atomic E-state index is 0.0703. The van der Waals surface area contributed by atoms with Gasteiger partial charge in [-0.05, 0) is 0 Å². The predicted molar refractivity (Wildman–Crippen MR) is 210 cm³/mol. The molecule has 3 rings (SSSR count). The molecule has 0 aromatic heterocycles. The molecule has 0 N–H and O–H groups in total. The van der Waals surface area contributed by atoms with Crippen LogP contribution >= 0.6 is 0 Å². The van der Waals surface area contributed by atoms with Crippen LogP contribution in [-0.4, -0.2) is 47.9 Å². The van der Waals surface area contributed by atoms with E-state index in [9.17, 15) is 0 Å². The van der Waals surface area contributed by atoms with Gasteiger partial charge in [-0.15, -0.1) is 0 Å². The maximum absolute atomic E-state index is 2.67. The second-order valence-electron chi connectivity index (χ2n) is 18.8. The number of hydrogen-bond donors (Lipinski definition) is 0. The van der Waals surface area contributed by atoms with Crippen molar-refractivity contribution >= 4 is 44.8 Å². The van der Waals surface area contributed by atoms with E-state index in [1.54, 1.807) is 0 Å². The van der Waals surface area contributed by atoms with Crippen LogP contribution in [0.25, 0.3) is 0 Å². The molecule has 3 aromatic carbocycles. The van der Waals surface area contributed by atoms with Crippen molar-refractivity contribution in [2.75, 3.05) is 14.7 Å². The molecular weight excluding hydrogens is 621 g/mol. The van der Waals surface area contributed by atoms with Gasteiger partial charge in [-0.25, -0.2) is 0 Å². The van der Waals surface area contributed by atoms with E-state index in [4.69, 9.17) is 0 Å². The molecule has 3 aromatic rings. The number of nitrogens with zero attached hydrogens (tertiary/aromatic N) is 3. The van der Waals surface area contributed by atoms with Gasteiger partial charge < -0.3 is 0 Å². The molecule has 0 unspecified atom stereocenters. The Bertz CT molecular complexity index is 1240. The third-order valence-corrected chi connectivity index (χ3v) is 13.5. The van der Waals surface area contributed by atoms with Crippen LogP contribution in [0.15, 0.2) is 72.8 Å². The zero-order valence-corrected chi connectivity index (χ0v) is 34.6. The fourth-order valence-corrected chi connectivity index (χ4v) is 13.8. The zero-order chi connectivity index (χ0) is 35.3. The van der Waals surface area contributed by atoms with E-state index >= 15 is 0 Å². The van der Waals surface area contributed by atoms with Gasteiger partial charge in [0.25, 0.3) is 0 Å². The first kappa shape index (κ1) is 38.1. The third-order valence-electron chi connectivity index (χ3n) is 8.12. The van der Waals surface area contributed by atoms with E-state index in [1.807, 2.05) is 0 Å². The molecule has 3 nitrogen and oxygen atoms in total. The first-order valence-electron chi connectivity index (χ1n) is 17.2. The van der Waals surface area contributed by atoms with Gasteiger partial charge in [0.05, 0.1) is 0 Å². The summed E-state index contributed by atoms with van der Waals surface area (Å²) in [4.78, 5) is 8.00. The van der Waals surface area contributed by atoms with Crippen LogP contribution in [0.5, 0.6) is 0 Å². The maximum atomic E-state index is 2.67. The Labute approximate surface area is 289 Å². The average molecular weight is 688 g/mol. The monoisotopic (exact) mass is 687 g/mol. The molecule has 0 saturated heterocycles. The van der Waals surface area contributed by atoms with Crippen molar-refractivity contribution in [1.29, 1.82) is 0 Å². The van der Waals surface area contributed by atoms with Gasteiger partial charge in [-0.2, -0.15) is 0 Å². The average Bonchev–Trinajstić information content (AvgIpc) is 2.82. The third kappa shape index (κ3) is 8.36. The first-order valence-corrected chi connectivity index (χ1v) is 20.0. The van der Waals surface area contributed by atoms with Crippen molar-refractivity contribution in [2.45, 2.75) is 158 Å². The summed E-state index contributed by atoms with van der Waals surface area (Å²) in [6.07, 6.45) is 0. The molecular formula is C42H66AsN3. The number of benzene rings is 3. The van der Waals surface area contributed by atoms with E-state index in [1.165, 1.54) is 30.1 Å². The van der Waals surface area contributed by atoms with Crippen molar-refractivity contribution in [3.63, 3.8) is 0 Å². The van der Waals surface area contributed by atoms with Gasteiger partial charge in [-0.1, -0.05) is 0 Å². The number of anilines is 3. The molecule has 0 atom stereocenters. The van der Waals surface area contributed by atoms with Crippen LogP contribution in [0.3, 0.4) is 0 Å². The van der Waals surface area contributed by atoms with Crippen molar-refractivity contribution in [1.82, 2.24) is 0 Å². The van der Waals surface area contributed by atoms with Crippen molar-refractivity contribution in [3.05, 3.63) is 72.8 Å². The molecule has 0 heterocycles. The molecule has 0 aliphatic heterocycles. The number of rotatable bonds is 6. The molecule has 0 amide bonds. The minimum atomic E-state index is -2.26. The summed E-state index contributed by atoms with van der Waals surface area (Å²) in [5, 5.41) is 0. The van der Waals surface area contributed by atoms with Crippen molar-refractivity contribution < 1.29 is 0 Å². The van der Waals surface area contributed by atoms with E-state index in [-0.39, 0.29) is 33.2 Å². The molecule has 0 aliphatic carbocycles. The van der Waals surface area contributed by atoms with Crippen LogP contribution in [-0.2, 0) is 0 Å². The van der Waals surface area contributed by atoms with Crippen LogP contribution in [0.4, 0.5) is 17.1 Å². The Hall–Kier alpha value is -2.38. The molecule has 0 radical (unpaired) electrons. The first-order chi connectivity index (χ1) is 20.7. The van der Waals surface area contributed by atoms with E-state index in [2.05, 4.69) is 212 Å². The molecule has 46 heavy (non-hydrogen) atoms. The van der Waals surface area contributed by atoms with Crippen molar-refractivity contribution in [2.24, 2.45) is 0 Å². The summed E-state index contributed by atoms with van der Waals surface area (Å²) < 4.78 is 4.43. The van der Waals surface area contributed by atoms with Gasteiger partial charge in [0.15, 0.2) is 0 Å². The second kappa shape index (κ2) is 12.9. The summed E-state index contributed by atoms with van der Waals surface area (Å²) in [6.45, 7) is 42.4. The predicted octanol–water partition coefficient (Wildman–Crippen LogP) is 9.41. The molecule has 0 bridgehead atoms. The Morgan fingerprint density at radius 2 is 0.478 bits per heavy atom. The van der Waals surface area contributed by atoms with Crippen LogP contribution in [0.2, 0.25) is 0 Å². The molecule has 0 saturated carbocycles. The fourth-order valence-electron chi connectivity index (χ4n) is 8.10. The Morgan fingerprint density at radius 1 is 0.304 bits per heavy atom. The van der Waals surface area contributed by atoms with Gasteiger partial charge in [0.2, 0.25) is 0 Å². The quantitative estimate of drug-likeness (QED) is 0.239. The summed E-state index contributed by atoms with van der Waals surface area (Å²) in [5.41, 5.74) is 3.63. The fraction of sp³-hybridized carbons (Fsp3) is 0.571. The molecule has 0 fully saturated rings. The van der Waals surface area contributed by atoms with E-state index in [0.717, 1.165) is 0 Å². The van der Waals surface area contributed by atoms with Gasteiger partial charge >= 0.3 is 290 Å². The topological polar surface area (TPSA) is 9.72 Å². The molecule has 4 heteroatoms. The van der Waals surface area contributed by atoms with E-state index in [0.29, 0.717) is 0 Å². The Kier molecular flexibility index (Phi) is 10.7.